The number of ether oxygens (including phenoxy) is 2. The highest BCUT2D eigenvalue weighted by Gasteiger charge is 2.15. The molecule has 0 amide bonds. The van der Waals surface area contributed by atoms with Gasteiger partial charge in [0.2, 0.25) is 0 Å². The molecule has 0 aromatic heterocycles. The van der Waals surface area contributed by atoms with Gasteiger partial charge < -0.3 is 14.8 Å². The molecule has 0 fully saturated rings. The number of methoxy groups -OCH3 is 2. The Morgan fingerprint density at radius 3 is 2.93 bits per heavy atom. The minimum Gasteiger partial charge on any atom is -0.493 e. The lowest BCUT2D eigenvalue weighted by atomic mass is 10.1. The van der Waals surface area contributed by atoms with Crippen LogP contribution >= 0.6 is 11.6 Å². The van der Waals surface area contributed by atoms with Gasteiger partial charge in [0.05, 0.1) is 24.9 Å². The minimum absolute atomic E-state index is 0.128. The summed E-state index contributed by atoms with van der Waals surface area (Å²) in [6.07, 6.45) is 3.52. The summed E-state index contributed by atoms with van der Waals surface area (Å²) in [5.74, 6) is 0.287. The quantitative estimate of drug-likeness (QED) is 0.746. The molecule has 0 saturated heterocycles. The summed E-state index contributed by atoms with van der Waals surface area (Å²) in [4.78, 5) is 10.9. The van der Waals surface area contributed by atoms with E-state index in [4.69, 9.17) is 16.3 Å². The molecule has 0 unspecified atom stereocenters. The van der Waals surface area contributed by atoms with Gasteiger partial charge in [0.25, 0.3) is 0 Å². The van der Waals surface area contributed by atoms with Gasteiger partial charge >= 0.3 is 5.97 Å². The maximum atomic E-state index is 10.9. The fourth-order valence-electron chi connectivity index (χ4n) is 1.33. The van der Waals surface area contributed by atoms with Crippen LogP contribution in [0.25, 0.3) is 0 Å². The Labute approximate surface area is 93.9 Å². The van der Waals surface area contributed by atoms with Gasteiger partial charge in [0.1, 0.15) is 6.54 Å². The lowest BCUT2D eigenvalue weighted by Crippen LogP contribution is -2.25. The second kappa shape index (κ2) is 5.66. The molecule has 0 saturated carbocycles. The average Bonchev–Trinajstić information content (AvgIpc) is 2.25. The largest absolute Gasteiger partial charge is 0.493 e. The number of nitrogens with one attached hydrogen (secondary N) is 1. The van der Waals surface area contributed by atoms with Crippen molar-refractivity contribution in [3.05, 3.63) is 22.6 Å². The van der Waals surface area contributed by atoms with Gasteiger partial charge in [0.15, 0.2) is 5.76 Å². The molecule has 0 radical (unpaired) electrons. The third kappa shape index (κ3) is 3.16. The van der Waals surface area contributed by atoms with Crippen LogP contribution in [-0.2, 0) is 14.3 Å². The van der Waals surface area contributed by atoms with Gasteiger partial charge in [-0.1, -0.05) is 17.7 Å². The number of halogens is 1. The van der Waals surface area contributed by atoms with E-state index < -0.39 is 0 Å². The van der Waals surface area contributed by atoms with Crippen LogP contribution in [-0.4, -0.2) is 26.7 Å². The molecule has 5 heteroatoms. The highest BCUT2D eigenvalue weighted by molar-refractivity contribution is 6.31. The topological polar surface area (TPSA) is 47.6 Å². The van der Waals surface area contributed by atoms with Crippen molar-refractivity contribution >= 4 is 17.6 Å². The fourth-order valence-corrected chi connectivity index (χ4v) is 1.63. The Balaban J connectivity index is 2.65. The molecule has 1 aliphatic carbocycles. The predicted molar refractivity (Wildman–Crippen MR) is 57.2 cm³/mol. The number of carbonyl (C=O) groups excluding carboxylic acids is 1. The molecule has 1 N–H and O–H groups in total. The molecule has 4 nitrogen and oxygen atoms in total. The van der Waals surface area contributed by atoms with Crippen molar-refractivity contribution in [1.82, 2.24) is 5.32 Å². The van der Waals surface area contributed by atoms with Gasteiger partial charge in [-0.05, 0) is 12.8 Å². The molecule has 1 rings (SSSR count). The van der Waals surface area contributed by atoms with Gasteiger partial charge in [0, 0.05) is 0 Å². The number of rotatable bonds is 4. The monoisotopic (exact) mass is 231 g/mol. The predicted octanol–water partition coefficient (Wildman–Crippen LogP) is 1.52. The molecule has 0 bridgehead atoms. The lowest BCUT2D eigenvalue weighted by molar-refractivity contribution is -0.139. The van der Waals surface area contributed by atoms with E-state index in [-0.39, 0.29) is 12.5 Å². The first-order valence-electron chi connectivity index (χ1n) is 4.63. The van der Waals surface area contributed by atoms with Crippen molar-refractivity contribution in [2.45, 2.75) is 12.8 Å². The number of hydrogen-bond donors (Lipinski definition) is 1. The zero-order chi connectivity index (χ0) is 11.3. The summed E-state index contributed by atoms with van der Waals surface area (Å²) >= 11 is 5.95. The van der Waals surface area contributed by atoms with Crippen LogP contribution in [0, 0.1) is 0 Å². The van der Waals surface area contributed by atoms with E-state index in [1.165, 1.54) is 7.11 Å². The van der Waals surface area contributed by atoms with Crippen LogP contribution in [0.5, 0.6) is 0 Å². The molecule has 0 aromatic carbocycles. The molecule has 0 aromatic rings. The van der Waals surface area contributed by atoms with E-state index in [9.17, 15) is 4.79 Å². The third-order valence-corrected chi connectivity index (χ3v) is 2.41. The lowest BCUT2D eigenvalue weighted by Gasteiger charge is -2.18. The van der Waals surface area contributed by atoms with E-state index >= 15 is 0 Å². The average molecular weight is 232 g/mol. The summed E-state index contributed by atoms with van der Waals surface area (Å²) in [6, 6.07) is 0. The maximum absolute atomic E-state index is 10.9. The first-order chi connectivity index (χ1) is 7.19. The zero-order valence-corrected chi connectivity index (χ0v) is 9.56. The smallest absolute Gasteiger partial charge is 0.325 e. The van der Waals surface area contributed by atoms with Crippen molar-refractivity contribution in [2.75, 3.05) is 20.8 Å². The molecule has 0 aliphatic heterocycles. The number of allylic oxidation sites excluding steroid dienone is 3. The molecular formula is C10H14ClNO3. The number of carbonyl (C=O) groups is 1. The van der Waals surface area contributed by atoms with Crippen LogP contribution < -0.4 is 5.32 Å². The van der Waals surface area contributed by atoms with E-state index in [2.05, 4.69) is 10.1 Å². The Morgan fingerprint density at radius 2 is 2.33 bits per heavy atom. The standard InChI is InChI=1S/C10H14ClNO3/c1-14-9(13)6-12-8-5-3-4-7(11)10(8)15-2/h4,12H,3,5-6H2,1-2H3. The summed E-state index contributed by atoms with van der Waals surface area (Å²) in [5.41, 5.74) is 0.843. The summed E-state index contributed by atoms with van der Waals surface area (Å²) in [6.45, 7) is 0.128. The Kier molecular flexibility index (Phi) is 4.49. The highest BCUT2D eigenvalue weighted by atomic mass is 35.5. The van der Waals surface area contributed by atoms with Crippen molar-refractivity contribution in [1.29, 1.82) is 0 Å². The summed E-state index contributed by atoms with van der Waals surface area (Å²) < 4.78 is 9.67. The molecule has 0 spiro atoms. The Hall–Kier alpha value is -1.16. The normalized spacial score (nSPS) is 15.8. The fraction of sp³-hybridized carbons (Fsp3) is 0.500. The van der Waals surface area contributed by atoms with Crippen molar-refractivity contribution < 1.29 is 14.3 Å². The Morgan fingerprint density at radius 1 is 1.60 bits per heavy atom. The highest BCUT2D eigenvalue weighted by Crippen LogP contribution is 2.26. The van der Waals surface area contributed by atoms with E-state index in [0.29, 0.717) is 10.8 Å². The second-order valence-electron chi connectivity index (χ2n) is 3.03. The zero-order valence-electron chi connectivity index (χ0n) is 8.80. The van der Waals surface area contributed by atoms with E-state index in [1.807, 2.05) is 6.08 Å². The molecule has 0 atom stereocenters. The van der Waals surface area contributed by atoms with Gasteiger partial charge in [-0.3, -0.25) is 4.79 Å². The second-order valence-corrected chi connectivity index (χ2v) is 3.44. The number of esters is 1. The van der Waals surface area contributed by atoms with Gasteiger partial charge in [-0.25, -0.2) is 0 Å². The van der Waals surface area contributed by atoms with E-state index in [1.54, 1.807) is 7.11 Å². The molecule has 84 valence electrons. The first-order valence-corrected chi connectivity index (χ1v) is 5.00. The first kappa shape index (κ1) is 11.9. The molecule has 15 heavy (non-hydrogen) atoms. The van der Waals surface area contributed by atoms with Crippen molar-refractivity contribution in [3.63, 3.8) is 0 Å². The van der Waals surface area contributed by atoms with Crippen LogP contribution in [0.15, 0.2) is 22.6 Å². The van der Waals surface area contributed by atoms with Gasteiger partial charge in [-0.15, -0.1) is 0 Å². The van der Waals surface area contributed by atoms with Gasteiger partial charge in [-0.2, -0.15) is 0 Å². The van der Waals surface area contributed by atoms with Crippen LogP contribution in [0.4, 0.5) is 0 Å². The van der Waals surface area contributed by atoms with Crippen LogP contribution in [0.3, 0.4) is 0 Å². The number of hydrogen-bond acceptors (Lipinski definition) is 4. The van der Waals surface area contributed by atoms with Crippen LogP contribution in [0.1, 0.15) is 12.8 Å². The summed E-state index contributed by atoms with van der Waals surface area (Å²) in [7, 11) is 2.90. The molecule has 1 aliphatic rings. The SMILES string of the molecule is COC(=O)CNC1=C(OC)C(Cl)=CCC1. The summed E-state index contributed by atoms with van der Waals surface area (Å²) in [5, 5.41) is 3.54. The van der Waals surface area contributed by atoms with E-state index in [0.717, 1.165) is 18.5 Å². The minimum atomic E-state index is -0.316. The molecular weight excluding hydrogens is 218 g/mol. The van der Waals surface area contributed by atoms with Crippen LogP contribution in [0.2, 0.25) is 0 Å². The van der Waals surface area contributed by atoms with Crippen molar-refractivity contribution in [2.24, 2.45) is 0 Å². The Bertz CT molecular complexity index is 310. The maximum Gasteiger partial charge on any atom is 0.325 e. The molecule has 0 heterocycles. The third-order valence-electron chi connectivity index (χ3n) is 2.09. The van der Waals surface area contributed by atoms with Crippen molar-refractivity contribution in [3.8, 4) is 0 Å².